The summed E-state index contributed by atoms with van der Waals surface area (Å²) >= 11 is 6.12. The minimum atomic E-state index is -4.55. The van der Waals surface area contributed by atoms with Gasteiger partial charge in [0.2, 0.25) is 0 Å². The van der Waals surface area contributed by atoms with Gasteiger partial charge in [0, 0.05) is 35.6 Å². The van der Waals surface area contributed by atoms with Crippen molar-refractivity contribution in [2.24, 2.45) is 0 Å². The summed E-state index contributed by atoms with van der Waals surface area (Å²) in [5.74, 6) is 0. The first-order chi connectivity index (χ1) is 15.3. The molecule has 9 heteroatoms. The third kappa shape index (κ3) is 4.51. The van der Waals surface area contributed by atoms with E-state index in [1.807, 2.05) is 25.1 Å². The maximum Gasteiger partial charge on any atom is 0.418 e. The van der Waals surface area contributed by atoms with Crippen molar-refractivity contribution in [2.45, 2.75) is 19.7 Å². The number of alkyl halides is 3. The second-order valence-electron chi connectivity index (χ2n) is 7.17. The van der Waals surface area contributed by atoms with Gasteiger partial charge >= 0.3 is 6.18 Å². The number of pyridine rings is 3. The highest BCUT2D eigenvalue weighted by molar-refractivity contribution is 6.31. The molecule has 0 fully saturated rings. The zero-order valence-electron chi connectivity index (χ0n) is 17.2. The molecule has 0 amide bonds. The highest BCUT2D eigenvalue weighted by Crippen LogP contribution is 2.36. The standard InChI is InChI=1S/C23H18ClF3N4O/c1-13-8-14(5-6-18(13)24)30-19-9-15(12-32-2)31-20-10-21(29-11-16(19)20)22-17(23(25,26)27)4-3-7-28-22/h3-11H,12H2,1-2H3,(H,30,31). The van der Waals surface area contributed by atoms with Crippen LogP contribution < -0.4 is 5.32 Å². The van der Waals surface area contributed by atoms with E-state index < -0.39 is 11.7 Å². The van der Waals surface area contributed by atoms with E-state index in [1.165, 1.54) is 24.5 Å². The number of hydrogen-bond donors (Lipinski definition) is 1. The minimum absolute atomic E-state index is 0.0841. The van der Waals surface area contributed by atoms with Crippen molar-refractivity contribution in [2.75, 3.05) is 12.4 Å². The smallest absolute Gasteiger partial charge is 0.378 e. The Bertz CT molecular complexity index is 1290. The molecule has 164 valence electrons. The Morgan fingerprint density at radius 3 is 2.62 bits per heavy atom. The molecule has 0 radical (unpaired) electrons. The van der Waals surface area contributed by atoms with Crippen molar-refractivity contribution in [3.05, 3.63) is 76.7 Å². The molecular weight excluding hydrogens is 441 g/mol. The molecule has 0 aliphatic carbocycles. The summed E-state index contributed by atoms with van der Waals surface area (Å²) in [5, 5.41) is 4.61. The van der Waals surface area contributed by atoms with E-state index in [9.17, 15) is 13.2 Å². The molecular formula is C23H18ClF3N4O. The number of fused-ring (bicyclic) bond motifs is 1. The van der Waals surface area contributed by atoms with Crippen molar-refractivity contribution < 1.29 is 17.9 Å². The third-order valence-corrected chi connectivity index (χ3v) is 5.26. The first-order valence-electron chi connectivity index (χ1n) is 9.60. The van der Waals surface area contributed by atoms with E-state index in [0.717, 1.165) is 17.3 Å². The molecule has 5 nitrogen and oxygen atoms in total. The number of halogens is 4. The molecule has 4 rings (SSSR count). The van der Waals surface area contributed by atoms with Gasteiger partial charge in [-0.15, -0.1) is 0 Å². The SMILES string of the molecule is COCc1cc(Nc2ccc(Cl)c(C)c2)c2cnc(-c3ncccc3C(F)(F)F)cc2n1. The van der Waals surface area contributed by atoms with Gasteiger partial charge in [0.05, 0.1) is 34.8 Å². The number of anilines is 2. The molecule has 0 bridgehead atoms. The predicted molar refractivity (Wildman–Crippen MR) is 118 cm³/mol. The zero-order valence-corrected chi connectivity index (χ0v) is 17.9. The lowest BCUT2D eigenvalue weighted by atomic mass is 10.1. The Kier molecular flexibility index (Phi) is 5.99. The molecule has 0 aliphatic heterocycles. The second-order valence-corrected chi connectivity index (χ2v) is 7.57. The van der Waals surface area contributed by atoms with Gasteiger partial charge in [-0.2, -0.15) is 13.2 Å². The van der Waals surface area contributed by atoms with E-state index in [4.69, 9.17) is 16.3 Å². The molecule has 32 heavy (non-hydrogen) atoms. The summed E-state index contributed by atoms with van der Waals surface area (Å²) in [6.45, 7) is 2.13. The average Bonchev–Trinajstić information content (AvgIpc) is 2.75. The van der Waals surface area contributed by atoms with Crippen molar-refractivity contribution in [3.63, 3.8) is 0 Å². The van der Waals surface area contributed by atoms with Crippen LogP contribution in [0, 0.1) is 6.92 Å². The van der Waals surface area contributed by atoms with Crippen LogP contribution in [0.1, 0.15) is 16.8 Å². The van der Waals surface area contributed by atoms with Crippen LogP contribution in [0.2, 0.25) is 5.02 Å². The van der Waals surface area contributed by atoms with Gasteiger partial charge in [-0.25, -0.2) is 0 Å². The van der Waals surface area contributed by atoms with Crippen LogP contribution in [-0.2, 0) is 17.5 Å². The topological polar surface area (TPSA) is 59.9 Å². The maximum atomic E-state index is 13.5. The Labute approximate surface area is 187 Å². The van der Waals surface area contributed by atoms with Gasteiger partial charge < -0.3 is 10.1 Å². The molecule has 0 saturated heterocycles. The van der Waals surface area contributed by atoms with Gasteiger partial charge in [-0.1, -0.05) is 11.6 Å². The highest BCUT2D eigenvalue weighted by Gasteiger charge is 2.34. The average molecular weight is 459 g/mol. The molecule has 0 aliphatic rings. The first-order valence-corrected chi connectivity index (χ1v) is 9.98. The lowest BCUT2D eigenvalue weighted by Gasteiger charge is -2.14. The van der Waals surface area contributed by atoms with Gasteiger partial charge in [-0.05, 0) is 55.0 Å². The van der Waals surface area contributed by atoms with Crippen molar-refractivity contribution >= 4 is 33.9 Å². The van der Waals surface area contributed by atoms with Crippen LogP contribution >= 0.6 is 11.6 Å². The fraction of sp³-hybridized carbons (Fsp3) is 0.174. The van der Waals surface area contributed by atoms with E-state index >= 15 is 0 Å². The maximum absolute atomic E-state index is 13.5. The molecule has 0 unspecified atom stereocenters. The lowest BCUT2D eigenvalue weighted by Crippen LogP contribution is -2.09. The van der Waals surface area contributed by atoms with Gasteiger partial charge in [0.25, 0.3) is 0 Å². The Balaban J connectivity index is 1.84. The number of ether oxygens (including phenoxy) is 1. The lowest BCUT2D eigenvalue weighted by molar-refractivity contribution is -0.137. The third-order valence-electron chi connectivity index (χ3n) is 4.83. The zero-order chi connectivity index (χ0) is 22.9. The summed E-state index contributed by atoms with van der Waals surface area (Å²) in [6.07, 6.45) is -1.75. The number of nitrogens with zero attached hydrogens (tertiary/aromatic N) is 3. The summed E-state index contributed by atoms with van der Waals surface area (Å²) in [7, 11) is 1.54. The first kappa shape index (κ1) is 22.0. The number of aryl methyl sites for hydroxylation is 1. The highest BCUT2D eigenvalue weighted by atomic mass is 35.5. The van der Waals surface area contributed by atoms with Crippen LogP contribution in [-0.4, -0.2) is 22.1 Å². The van der Waals surface area contributed by atoms with Gasteiger partial charge in [0.1, 0.15) is 5.69 Å². The van der Waals surface area contributed by atoms with Crippen LogP contribution in [0.5, 0.6) is 0 Å². The fourth-order valence-corrected chi connectivity index (χ4v) is 3.46. The van der Waals surface area contributed by atoms with Crippen LogP contribution in [0.3, 0.4) is 0 Å². The second kappa shape index (κ2) is 8.72. The molecule has 3 heterocycles. The number of hydrogen-bond acceptors (Lipinski definition) is 5. The van der Waals surface area contributed by atoms with Crippen LogP contribution in [0.4, 0.5) is 24.5 Å². The number of rotatable bonds is 5. The normalized spacial score (nSPS) is 11.7. The summed E-state index contributed by atoms with van der Waals surface area (Å²) in [4.78, 5) is 12.7. The number of benzene rings is 1. The molecule has 0 spiro atoms. The van der Waals surface area contributed by atoms with E-state index in [-0.39, 0.29) is 18.0 Å². The Morgan fingerprint density at radius 1 is 1.09 bits per heavy atom. The van der Waals surface area contributed by atoms with Gasteiger partial charge in [-0.3, -0.25) is 15.0 Å². The largest absolute Gasteiger partial charge is 0.418 e. The molecule has 0 saturated carbocycles. The van der Waals surface area contributed by atoms with Crippen molar-refractivity contribution in [1.82, 2.24) is 15.0 Å². The van der Waals surface area contributed by atoms with E-state index in [1.54, 1.807) is 13.2 Å². The monoisotopic (exact) mass is 458 g/mol. The molecule has 3 aromatic heterocycles. The quantitative estimate of drug-likeness (QED) is 0.367. The van der Waals surface area contributed by atoms with E-state index in [2.05, 4.69) is 20.3 Å². The Hall–Kier alpha value is -3.23. The summed E-state index contributed by atoms with van der Waals surface area (Å²) in [6, 6.07) is 11.1. The predicted octanol–water partition coefficient (Wildman–Crippen LogP) is 6.56. The molecule has 1 N–H and O–H groups in total. The summed E-state index contributed by atoms with van der Waals surface area (Å²) < 4.78 is 45.6. The Morgan fingerprint density at radius 2 is 1.91 bits per heavy atom. The number of aromatic nitrogens is 3. The van der Waals surface area contributed by atoms with Crippen molar-refractivity contribution in [3.8, 4) is 11.4 Å². The van der Waals surface area contributed by atoms with E-state index in [0.29, 0.717) is 27.3 Å². The molecule has 1 aromatic carbocycles. The number of methoxy groups -OCH3 is 1. The number of nitrogens with one attached hydrogen (secondary N) is 1. The summed E-state index contributed by atoms with van der Waals surface area (Å²) in [5.41, 5.74) is 2.47. The van der Waals surface area contributed by atoms with Crippen molar-refractivity contribution in [1.29, 1.82) is 0 Å². The minimum Gasteiger partial charge on any atom is -0.378 e. The fourth-order valence-electron chi connectivity index (χ4n) is 3.35. The molecule has 0 atom stereocenters. The van der Waals surface area contributed by atoms with Crippen LogP contribution in [0.15, 0.2) is 54.9 Å². The van der Waals surface area contributed by atoms with Gasteiger partial charge in [0.15, 0.2) is 0 Å². The van der Waals surface area contributed by atoms with Crippen LogP contribution in [0.25, 0.3) is 22.3 Å². The molecule has 4 aromatic rings.